The molecule has 0 atom stereocenters. The third kappa shape index (κ3) is 3.27. The van der Waals surface area contributed by atoms with Gasteiger partial charge < -0.3 is 19.2 Å². The molecule has 1 N–H and O–H groups in total. The van der Waals surface area contributed by atoms with Crippen LogP contribution in [0.1, 0.15) is 27.2 Å². The van der Waals surface area contributed by atoms with E-state index in [2.05, 4.69) is 9.72 Å². The Hall–Kier alpha value is -3.86. The molecule has 0 bridgehead atoms. The molecular weight excluding hydrogens is 372 g/mol. The first kappa shape index (κ1) is 18.5. The molecule has 1 aliphatic rings. The number of rotatable bonds is 3. The van der Waals surface area contributed by atoms with Gasteiger partial charge >= 0.3 is 5.97 Å². The minimum atomic E-state index is -0.677. The number of nitrogens with zero attached hydrogens (tertiary/aromatic N) is 3. The van der Waals surface area contributed by atoms with Crippen molar-refractivity contribution in [1.82, 2.24) is 14.5 Å². The van der Waals surface area contributed by atoms with Crippen LogP contribution in [0.5, 0.6) is 0 Å². The van der Waals surface area contributed by atoms with Crippen molar-refractivity contribution < 1.29 is 14.3 Å². The Balaban J connectivity index is 1.61. The number of carbonyl (C=O) groups is 2. The number of amides is 1. The first-order valence-electron chi connectivity index (χ1n) is 9.11. The van der Waals surface area contributed by atoms with Gasteiger partial charge in [0.1, 0.15) is 18.2 Å². The summed E-state index contributed by atoms with van der Waals surface area (Å²) >= 11 is 0. The predicted molar refractivity (Wildman–Crippen MR) is 104 cm³/mol. The second kappa shape index (κ2) is 7.28. The monoisotopic (exact) mass is 390 g/mol. The summed E-state index contributed by atoms with van der Waals surface area (Å²) in [6.45, 7) is 0.708. The van der Waals surface area contributed by atoms with E-state index in [4.69, 9.17) is 0 Å². The number of para-hydroxylation sites is 1. The number of hydrogen-bond acceptors (Lipinski definition) is 5. The summed E-state index contributed by atoms with van der Waals surface area (Å²) in [5, 5.41) is 10.3. The van der Waals surface area contributed by atoms with E-state index >= 15 is 0 Å². The molecular formula is C21H18N4O4. The van der Waals surface area contributed by atoms with Crippen LogP contribution in [0, 0.1) is 11.3 Å². The van der Waals surface area contributed by atoms with Gasteiger partial charge in [0, 0.05) is 47.9 Å². The summed E-state index contributed by atoms with van der Waals surface area (Å²) in [5.74, 6) is -0.932. The fourth-order valence-corrected chi connectivity index (χ4v) is 3.69. The number of aromatic nitrogens is 2. The number of H-pyrrole nitrogens is 1. The molecule has 8 heteroatoms. The van der Waals surface area contributed by atoms with E-state index in [-0.39, 0.29) is 23.6 Å². The van der Waals surface area contributed by atoms with E-state index in [1.807, 2.05) is 24.3 Å². The fourth-order valence-electron chi connectivity index (χ4n) is 3.69. The van der Waals surface area contributed by atoms with Gasteiger partial charge in [-0.25, -0.2) is 4.79 Å². The maximum absolute atomic E-state index is 12.9. The average Bonchev–Trinajstić information content (AvgIpc) is 3.12. The van der Waals surface area contributed by atoms with Crippen LogP contribution in [0.25, 0.3) is 10.9 Å². The van der Waals surface area contributed by atoms with Crippen molar-refractivity contribution in [2.75, 3.05) is 13.7 Å². The Labute approximate surface area is 165 Å². The van der Waals surface area contributed by atoms with Crippen LogP contribution in [-0.2, 0) is 29.0 Å². The van der Waals surface area contributed by atoms with Gasteiger partial charge in [0.15, 0.2) is 0 Å². The van der Waals surface area contributed by atoms with Gasteiger partial charge in [-0.15, -0.1) is 0 Å². The van der Waals surface area contributed by atoms with Crippen LogP contribution >= 0.6 is 0 Å². The Morgan fingerprint density at radius 2 is 2.10 bits per heavy atom. The molecule has 8 nitrogen and oxygen atoms in total. The molecule has 0 aliphatic carbocycles. The number of nitriles is 1. The Kier molecular flexibility index (Phi) is 4.64. The number of carbonyl (C=O) groups excluding carboxylic acids is 2. The zero-order chi connectivity index (χ0) is 20.5. The van der Waals surface area contributed by atoms with Crippen LogP contribution in [-0.4, -0.2) is 40.0 Å². The number of benzene rings is 1. The van der Waals surface area contributed by atoms with E-state index < -0.39 is 11.5 Å². The van der Waals surface area contributed by atoms with Crippen molar-refractivity contribution in [1.29, 1.82) is 5.26 Å². The number of esters is 1. The SMILES string of the molecule is COC(=O)c1cc(C#N)c(=O)n(CC(=O)N2CCc3[nH]c4ccccc4c3C2)c1. The number of ether oxygens (including phenoxy) is 1. The topological polar surface area (TPSA) is 108 Å². The van der Waals surface area contributed by atoms with E-state index in [9.17, 15) is 19.6 Å². The maximum Gasteiger partial charge on any atom is 0.339 e. The molecule has 0 radical (unpaired) electrons. The van der Waals surface area contributed by atoms with E-state index in [1.54, 1.807) is 11.0 Å². The second-order valence-electron chi connectivity index (χ2n) is 6.87. The lowest BCUT2D eigenvalue weighted by atomic mass is 10.0. The lowest BCUT2D eigenvalue weighted by Gasteiger charge is -2.27. The highest BCUT2D eigenvalue weighted by Crippen LogP contribution is 2.27. The summed E-state index contributed by atoms with van der Waals surface area (Å²) in [5.41, 5.74) is 2.46. The second-order valence-corrected chi connectivity index (χ2v) is 6.87. The normalized spacial score (nSPS) is 13.0. The summed E-state index contributed by atoms with van der Waals surface area (Å²) < 4.78 is 5.76. The molecule has 3 heterocycles. The minimum absolute atomic E-state index is 0.0500. The molecule has 146 valence electrons. The van der Waals surface area contributed by atoms with Crippen LogP contribution in [0.4, 0.5) is 0 Å². The summed E-state index contributed by atoms with van der Waals surface area (Å²) in [4.78, 5) is 42.2. The Morgan fingerprint density at radius 1 is 1.31 bits per heavy atom. The highest BCUT2D eigenvalue weighted by molar-refractivity contribution is 5.89. The summed E-state index contributed by atoms with van der Waals surface area (Å²) in [7, 11) is 1.21. The molecule has 0 spiro atoms. The first-order chi connectivity index (χ1) is 14.0. The van der Waals surface area contributed by atoms with Crippen LogP contribution < -0.4 is 5.56 Å². The van der Waals surface area contributed by atoms with Gasteiger partial charge in [-0.05, 0) is 12.1 Å². The quantitative estimate of drug-likeness (QED) is 0.683. The number of fused-ring (bicyclic) bond motifs is 3. The summed E-state index contributed by atoms with van der Waals surface area (Å²) in [6.07, 6.45) is 1.95. The van der Waals surface area contributed by atoms with Crippen molar-refractivity contribution in [2.45, 2.75) is 19.5 Å². The van der Waals surface area contributed by atoms with Gasteiger partial charge in [0.05, 0.1) is 12.7 Å². The van der Waals surface area contributed by atoms with E-state index in [1.165, 1.54) is 19.4 Å². The summed E-state index contributed by atoms with van der Waals surface area (Å²) in [6, 6.07) is 10.9. The van der Waals surface area contributed by atoms with Gasteiger partial charge in [-0.3, -0.25) is 9.59 Å². The van der Waals surface area contributed by atoms with Crippen molar-refractivity contribution in [3.05, 3.63) is 69.3 Å². The standard InChI is InChI=1S/C21H18N4O4/c1-29-21(28)14-8-13(9-22)20(27)25(10-14)12-19(26)24-7-6-18-16(11-24)15-4-2-3-5-17(15)23-18/h2-5,8,10,23H,6-7,11-12H2,1H3. The van der Waals surface area contributed by atoms with E-state index in [0.29, 0.717) is 19.5 Å². The minimum Gasteiger partial charge on any atom is -0.465 e. The zero-order valence-corrected chi connectivity index (χ0v) is 15.8. The molecule has 3 aromatic rings. The number of nitrogens with one attached hydrogen (secondary N) is 1. The van der Waals surface area contributed by atoms with Gasteiger partial charge in [-0.1, -0.05) is 18.2 Å². The number of pyridine rings is 1. The molecule has 0 unspecified atom stereocenters. The molecule has 4 rings (SSSR count). The molecule has 1 aromatic carbocycles. The molecule has 0 saturated heterocycles. The third-order valence-electron chi connectivity index (χ3n) is 5.17. The lowest BCUT2D eigenvalue weighted by Crippen LogP contribution is -2.40. The first-order valence-corrected chi connectivity index (χ1v) is 9.11. The Bertz CT molecular complexity index is 1230. The molecule has 0 saturated carbocycles. The van der Waals surface area contributed by atoms with Crippen molar-refractivity contribution in [3.63, 3.8) is 0 Å². The van der Waals surface area contributed by atoms with Gasteiger partial charge in [-0.2, -0.15) is 5.26 Å². The number of aromatic amines is 1. The van der Waals surface area contributed by atoms with Crippen LogP contribution in [0.2, 0.25) is 0 Å². The molecule has 1 amide bonds. The van der Waals surface area contributed by atoms with Gasteiger partial charge in [0.2, 0.25) is 5.91 Å². The highest BCUT2D eigenvalue weighted by Gasteiger charge is 2.25. The largest absolute Gasteiger partial charge is 0.465 e. The highest BCUT2D eigenvalue weighted by atomic mass is 16.5. The van der Waals surface area contributed by atoms with E-state index in [0.717, 1.165) is 26.7 Å². The molecule has 1 aliphatic heterocycles. The van der Waals surface area contributed by atoms with Crippen molar-refractivity contribution >= 4 is 22.8 Å². The number of methoxy groups -OCH3 is 1. The smallest absolute Gasteiger partial charge is 0.339 e. The fraction of sp³-hybridized carbons (Fsp3) is 0.238. The molecule has 29 heavy (non-hydrogen) atoms. The third-order valence-corrected chi connectivity index (χ3v) is 5.17. The predicted octanol–water partition coefficient (Wildman–Crippen LogP) is 1.57. The molecule has 0 fully saturated rings. The Morgan fingerprint density at radius 3 is 2.86 bits per heavy atom. The number of hydrogen-bond donors (Lipinski definition) is 1. The maximum atomic E-state index is 12.9. The average molecular weight is 390 g/mol. The van der Waals surface area contributed by atoms with Gasteiger partial charge in [0.25, 0.3) is 5.56 Å². The lowest BCUT2D eigenvalue weighted by molar-refractivity contribution is -0.132. The zero-order valence-electron chi connectivity index (χ0n) is 15.8. The van der Waals surface area contributed by atoms with Crippen molar-refractivity contribution in [2.24, 2.45) is 0 Å². The van der Waals surface area contributed by atoms with Crippen LogP contribution in [0.3, 0.4) is 0 Å². The van der Waals surface area contributed by atoms with Crippen molar-refractivity contribution in [3.8, 4) is 6.07 Å². The van der Waals surface area contributed by atoms with Crippen LogP contribution in [0.15, 0.2) is 41.3 Å². The molecule has 2 aromatic heterocycles.